The standard InChI is InChI=1S/C20H20N4O3/c1-27-17-9-5-6-14(10-17)18(25)13-21-19(26)15-11-22-20(23-12-15)24-16-7-3-2-4-8-16/h2-12,18,25H,13H2,1H3,(H,21,26)(H,22,23,24)/t18-/m0/s1. The SMILES string of the molecule is COc1cccc([C@@H](O)CNC(=O)c2cnc(Nc3ccccc3)nc2)c1. The Hall–Kier alpha value is -3.45. The van der Waals surface area contributed by atoms with Gasteiger partial charge in [0.25, 0.3) is 5.91 Å². The van der Waals surface area contributed by atoms with Crippen LogP contribution in [0.5, 0.6) is 5.75 Å². The predicted molar refractivity (Wildman–Crippen MR) is 102 cm³/mol. The second-order valence-corrected chi connectivity index (χ2v) is 5.79. The number of methoxy groups -OCH3 is 1. The molecule has 1 heterocycles. The number of para-hydroxylation sites is 1. The number of carbonyl (C=O) groups is 1. The average molecular weight is 364 g/mol. The molecule has 1 aromatic heterocycles. The van der Waals surface area contributed by atoms with Crippen molar-refractivity contribution in [3.8, 4) is 5.75 Å². The molecule has 0 unspecified atom stereocenters. The van der Waals surface area contributed by atoms with Gasteiger partial charge in [0.05, 0.1) is 18.8 Å². The van der Waals surface area contributed by atoms with Crippen molar-refractivity contribution in [1.82, 2.24) is 15.3 Å². The Morgan fingerprint density at radius 1 is 1.11 bits per heavy atom. The Labute approximate surface area is 157 Å². The van der Waals surface area contributed by atoms with E-state index in [-0.39, 0.29) is 12.5 Å². The highest BCUT2D eigenvalue weighted by atomic mass is 16.5. The molecule has 0 bridgehead atoms. The molecule has 3 N–H and O–H groups in total. The van der Waals surface area contributed by atoms with E-state index in [0.29, 0.717) is 22.8 Å². The Bertz CT molecular complexity index is 885. The van der Waals surface area contributed by atoms with Gasteiger partial charge in [-0.2, -0.15) is 0 Å². The number of aliphatic hydroxyl groups excluding tert-OH is 1. The summed E-state index contributed by atoms with van der Waals surface area (Å²) in [6, 6.07) is 16.6. The lowest BCUT2D eigenvalue weighted by Gasteiger charge is -2.13. The molecule has 7 nitrogen and oxygen atoms in total. The molecular formula is C20H20N4O3. The topological polar surface area (TPSA) is 96.4 Å². The number of hydrogen-bond donors (Lipinski definition) is 3. The first kappa shape index (κ1) is 18.3. The number of carbonyl (C=O) groups excluding carboxylic acids is 1. The van der Waals surface area contributed by atoms with E-state index < -0.39 is 6.10 Å². The number of benzene rings is 2. The van der Waals surface area contributed by atoms with E-state index in [1.807, 2.05) is 30.3 Å². The molecule has 0 radical (unpaired) electrons. The van der Waals surface area contributed by atoms with E-state index in [1.54, 1.807) is 31.4 Å². The van der Waals surface area contributed by atoms with Gasteiger partial charge >= 0.3 is 0 Å². The van der Waals surface area contributed by atoms with Crippen LogP contribution >= 0.6 is 0 Å². The number of hydrogen-bond acceptors (Lipinski definition) is 6. The molecule has 0 saturated heterocycles. The fraction of sp³-hybridized carbons (Fsp3) is 0.150. The Kier molecular flexibility index (Phi) is 5.96. The molecule has 0 aliphatic rings. The van der Waals surface area contributed by atoms with E-state index in [1.165, 1.54) is 12.4 Å². The number of ether oxygens (including phenoxy) is 1. The number of nitrogens with one attached hydrogen (secondary N) is 2. The molecule has 0 spiro atoms. The van der Waals surface area contributed by atoms with E-state index in [4.69, 9.17) is 4.74 Å². The molecule has 3 rings (SSSR count). The molecule has 3 aromatic rings. The molecule has 0 fully saturated rings. The average Bonchev–Trinajstić information content (AvgIpc) is 2.73. The van der Waals surface area contributed by atoms with Crippen molar-refractivity contribution in [1.29, 1.82) is 0 Å². The third-order valence-electron chi connectivity index (χ3n) is 3.88. The quantitative estimate of drug-likeness (QED) is 0.596. The highest BCUT2D eigenvalue weighted by Crippen LogP contribution is 2.18. The van der Waals surface area contributed by atoms with Gasteiger partial charge in [0.2, 0.25) is 5.95 Å². The minimum atomic E-state index is -0.844. The van der Waals surface area contributed by atoms with E-state index >= 15 is 0 Å². The van der Waals surface area contributed by atoms with Crippen molar-refractivity contribution in [3.05, 3.63) is 78.1 Å². The summed E-state index contributed by atoms with van der Waals surface area (Å²) in [5, 5.41) is 16.0. The van der Waals surface area contributed by atoms with Crippen LogP contribution < -0.4 is 15.4 Å². The van der Waals surface area contributed by atoms with Crippen LogP contribution in [0.3, 0.4) is 0 Å². The first-order valence-electron chi connectivity index (χ1n) is 8.40. The molecular weight excluding hydrogens is 344 g/mol. The van der Waals surface area contributed by atoms with Crippen LogP contribution in [0.25, 0.3) is 0 Å². The van der Waals surface area contributed by atoms with Gasteiger partial charge in [-0.1, -0.05) is 30.3 Å². The van der Waals surface area contributed by atoms with Crippen molar-refractivity contribution in [2.24, 2.45) is 0 Å². The van der Waals surface area contributed by atoms with E-state index in [2.05, 4.69) is 20.6 Å². The summed E-state index contributed by atoms with van der Waals surface area (Å²) in [6.07, 6.45) is 2.03. The smallest absolute Gasteiger partial charge is 0.254 e. The molecule has 0 aliphatic carbocycles. The molecule has 1 atom stereocenters. The summed E-state index contributed by atoms with van der Waals surface area (Å²) in [5.41, 5.74) is 1.83. The van der Waals surface area contributed by atoms with Crippen molar-refractivity contribution >= 4 is 17.5 Å². The monoisotopic (exact) mass is 364 g/mol. The lowest BCUT2D eigenvalue weighted by Crippen LogP contribution is -2.28. The summed E-state index contributed by atoms with van der Waals surface area (Å²) < 4.78 is 5.13. The lowest BCUT2D eigenvalue weighted by atomic mass is 10.1. The molecule has 2 aromatic carbocycles. The maximum absolute atomic E-state index is 12.2. The van der Waals surface area contributed by atoms with Gasteiger partial charge in [-0.3, -0.25) is 4.79 Å². The maximum Gasteiger partial charge on any atom is 0.254 e. The van der Waals surface area contributed by atoms with Crippen molar-refractivity contribution in [3.63, 3.8) is 0 Å². The summed E-state index contributed by atoms with van der Waals surface area (Å²) in [7, 11) is 1.56. The second-order valence-electron chi connectivity index (χ2n) is 5.79. The highest BCUT2D eigenvalue weighted by molar-refractivity contribution is 5.93. The normalized spacial score (nSPS) is 11.5. The van der Waals surface area contributed by atoms with E-state index in [0.717, 1.165) is 5.69 Å². The molecule has 0 aliphatic heterocycles. The van der Waals surface area contributed by atoms with Crippen molar-refractivity contribution in [2.45, 2.75) is 6.10 Å². The molecule has 1 amide bonds. The zero-order valence-electron chi connectivity index (χ0n) is 14.8. The summed E-state index contributed by atoms with van der Waals surface area (Å²) in [4.78, 5) is 20.5. The number of nitrogens with zero attached hydrogens (tertiary/aromatic N) is 2. The zero-order chi connectivity index (χ0) is 19.1. The van der Waals surface area contributed by atoms with Crippen LogP contribution in [0, 0.1) is 0 Å². The number of aliphatic hydroxyl groups is 1. The molecule has 7 heteroatoms. The summed E-state index contributed by atoms with van der Waals surface area (Å²) in [5.74, 6) is 0.685. The minimum Gasteiger partial charge on any atom is -0.497 e. The molecule has 138 valence electrons. The van der Waals surface area contributed by atoms with E-state index in [9.17, 15) is 9.90 Å². The number of aromatic nitrogens is 2. The Morgan fingerprint density at radius 3 is 2.56 bits per heavy atom. The van der Waals surface area contributed by atoms with Crippen LogP contribution in [0.15, 0.2) is 67.0 Å². The third-order valence-corrected chi connectivity index (χ3v) is 3.88. The van der Waals surface area contributed by atoms with Crippen molar-refractivity contribution in [2.75, 3.05) is 19.0 Å². The van der Waals surface area contributed by atoms with Crippen LogP contribution in [-0.2, 0) is 0 Å². The zero-order valence-corrected chi connectivity index (χ0v) is 14.8. The predicted octanol–water partition coefficient (Wildman–Crippen LogP) is 2.69. The first-order chi connectivity index (χ1) is 13.2. The fourth-order valence-corrected chi connectivity index (χ4v) is 2.42. The van der Waals surface area contributed by atoms with Gasteiger partial charge in [-0.15, -0.1) is 0 Å². The Balaban J connectivity index is 1.56. The van der Waals surface area contributed by atoms with Gasteiger partial charge in [0.1, 0.15) is 5.75 Å². The largest absolute Gasteiger partial charge is 0.497 e. The number of rotatable bonds is 7. The number of anilines is 2. The number of amides is 1. The van der Waals surface area contributed by atoms with Crippen molar-refractivity contribution < 1.29 is 14.6 Å². The van der Waals surface area contributed by atoms with Gasteiger partial charge in [-0.25, -0.2) is 9.97 Å². The van der Waals surface area contributed by atoms with Crippen LogP contribution in [-0.4, -0.2) is 34.6 Å². The van der Waals surface area contributed by atoms with Gasteiger partial charge in [0, 0.05) is 24.6 Å². The van der Waals surface area contributed by atoms with Gasteiger partial charge in [-0.05, 0) is 29.8 Å². The summed E-state index contributed by atoms with van der Waals surface area (Å²) >= 11 is 0. The second kappa shape index (κ2) is 8.77. The maximum atomic E-state index is 12.2. The summed E-state index contributed by atoms with van der Waals surface area (Å²) in [6.45, 7) is 0.0655. The van der Waals surface area contributed by atoms with Crippen LogP contribution in [0.2, 0.25) is 0 Å². The van der Waals surface area contributed by atoms with Gasteiger partial charge < -0.3 is 20.5 Å². The molecule has 27 heavy (non-hydrogen) atoms. The van der Waals surface area contributed by atoms with Crippen LogP contribution in [0.1, 0.15) is 22.0 Å². The first-order valence-corrected chi connectivity index (χ1v) is 8.40. The highest BCUT2D eigenvalue weighted by Gasteiger charge is 2.12. The van der Waals surface area contributed by atoms with Crippen LogP contribution in [0.4, 0.5) is 11.6 Å². The fourth-order valence-electron chi connectivity index (χ4n) is 2.42. The Morgan fingerprint density at radius 2 is 1.85 bits per heavy atom. The molecule has 0 saturated carbocycles. The lowest BCUT2D eigenvalue weighted by molar-refractivity contribution is 0.0915. The third kappa shape index (κ3) is 5.02. The van der Waals surface area contributed by atoms with Gasteiger partial charge in [0.15, 0.2) is 0 Å². The minimum absolute atomic E-state index is 0.0655.